The SMILES string of the molecule is CCOc1cc(/C=C2\SC(=O)N(CCOc3cccc4ccccc34)C2=O)cc(Cl)c1OS(=O)(=O)c1ccccc1. The van der Waals surface area contributed by atoms with E-state index in [1.54, 1.807) is 25.1 Å². The lowest BCUT2D eigenvalue weighted by Crippen LogP contribution is -2.32. The number of amides is 2. The Labute approximate surface area is 246 Å². The Morgan fingerprint density at radius 3 is 2.41 bits per heavy atom. The second-order valence-corrected chi connectivity index (χ2v) is 11.7. The molecule has 1 saturated heterocycles. The summed E-state index contributed by atoms with van der Waals surface area (Å²) in [5.74, 6) is 0.101. The third-order valence-corrected chi connectivity index (χ3v) is 8.47. The van der Waals surface area contributed by atoms with Gasteiger partial charge in [0.2, 0.25) is 5.75 Å². The van der Waals surface area contributed by atoms with Crippen molar-refractivity contribution < 1.29 is 31.7 Å². The largest absolute Gasteiger partial charge is 0.491 e. The predicted octanol–water partition coefficient (Wildman–Crippen LogP) is 6.77. The Bertz CT molecular complexity index is 1750. The Morgan fingerprint density at radius 1 is 0.902 bits per heavy atom. The lowest BCUT2D eigenvalue weighted by Gasteiger charge is -2.15. The molecular formula is C30H24ClNO7S2. The number of hydrogen-bond donors (Lipinski definition) is 0. The van der Waals surface area contributed by atoms with Gasteiger partial charge in [-0.2, -0.15) is 8.42 Å². The number of halogens is 1. The molecular weight excluding hydrogens is 586 g/mol. The van der Waals surface area contributed by atoms with Crippen LogP contribution in [0.25, 0.3) is 16.8 Å². The number of hydrogen-bond acceptors (Lipinski definition) is 8. The van der Waals surface area contributed by atoms with Crippen LogP contribution in [0.5, 0.6) is 17.2 Å². The van der Waals surface area contributed by atoms with E-state index >= 15 is 0 Å². The molecule has 11 heteroatoms. The molecule has 8 nitrogen and oxygen atoms in total. The number of carbonyl (C=O) groups excluding carboxylic acids is 2. The van der Waals surface area contributed by atoms with Crippen molar-refractivity contribution in [3.8, 4) is 17.2 Å². The zero-order valence-corrected chi connectivity index (χ0v) is 24.2. The highest BCUT2D eigenvalue weighted by atomic mass is 35.5. The molecule has 2 amide bonds. The minimum absolute atomic E-state index is 0.0376. The van der Waals surface area contributed by atoms with Gasteiger partial charge in [0.25, 0.3) is 11.1 Å². The summed E-state index contributed by atoms with van der Waals surface area (Å²) in [6.45, 7) is 2.12. The van der Waals surface area contributed by atoms with E-state index in [-0.39, 0.29) is 46.1 Å². The highest BCUT2D eigenvalue weighted by Crippen LogP contribution is 2.40. The molecule has 0 unspecified atom stereocenters. The van der Waals surface area contributed by atoms with Crippen molar-refractivity contribution >= 4 is 61.5 Å². The second kappa shape index (κ2) is 12.3. The fourth-order valence-electron chi connectivity index (χ4n) is 4.17. The molecule has 1 aliphatic heterocycles. The topological polar surface area (TPSA) is 99.2 Å². The van der Waals surface area contributed by atoms with Crippen molar-refractivity contribution in [2.45, 2.75) is 11.8 Å². The monoisotopic (exact) mass is 609 g/mol. The summed E-state index contributed by atoms with van der Waals surface area (Å²) in [6, 6.07) is 24.1. The number of nitrogens with zero attached hydrogens (tertiary/aromatic N) is 1. The van der Waals surface area contributed by atoms with Gasteiger partial charge in [0.1, 0.15) is 17.3 Å². The smallest absolute Gasteiger partial charge is 0.339 e. The van der Waals surface area contributed by atoms with Gasteiger partial charge in [-0.05, 0) is 66.0 Å². The molecule has 0 aliphatic carbocycles. The van der Waals surface area contributed by atoms with E-state index in [0.717, 1.165) is 27.4 Å². The zero-order chi connectivity index (χ0) is 29.0. The first kappa shape index (κ1) is 28.5. The van der Waals surface area contributed by atoms with Gasteiger partial charge in [-0.25, -0.2) is 0 Å². The van der Waals surface area contributed by atoms with Crippen LogP contribution >= 0.6 is 23.4 Å². The molecule has 5 rings (SSSR count). The van der Waals surface area contributed by atoms with Crippen LogP contribution in [-0.4, -0.2) is 44.2 Å². The van der Waals surface area contributed by atoms with Gasteiger partial charge in [-0.1, -0.05) is 66.2 Å². The van der Waals surface area contributed by atoms with Crippen molar-refractivity contribution in [3.05, 3.63) is 100 Å². The van der Waals surface area contributed by atoms with Crippen molar-refractivity contribution in [1.82, 2.24) is 4.90 Å². The first-order valence-electron chi connectivity index (χ1n) is 12.6. The van der Waals surface area contributed by atoms with Crippen LogP contribution < -0.4 is 13.7 Å². The molecule has 1 aliphatic rings. The summed E-state index contributed by atoms with van der Waals surface area (Å²) in [5.41, 5.74) is 0.431. The van der Waals surface area contributed by atoms with Crippen LogP contribution in [0.4, 0.5) is 4.79 Å². The number of ether oxygens (including phenoxy) is 2. The highest BCUT2D eigenvalue weighted by Gasteiger charge is 2.35. The number of rotatable bonds is 10. The summed E-state index contributed by atoms with van der Waals surface area (Å²) < 4.78 is 42.4. The number of fused-ring (bicyclic) bond motifs is 1. The first-order chi connectivity index (χ1) is 19.8. The number of benzene rings is 4. The van der Waals surface area contributed by atoms with E-state index in [1.807, 2.05) is 42.5 Å². The summed E-state index contributed by atoms with van der Waals surface area (Å²) in [6.07, 6.45) is 1.50. The average Bonchev–Trinajstić information content (AvgIpc) is 3.23. The average molecular weight is 610 g/mol. The fraction of sp³-hybridized carbons (Fsp3) is 0.133. The van der Waals surface area contributed by atoms with Crippen molar-refractivity contribution in [1.29, 1.82) is 0 Å². The van der Waals surface area contributed by atoms with Gasteiger partial charge < -0.3 is 13.7 Å². The molecule has 1 fully saturated rings. The van der Waals surface area contributed by atoms with E-state index in [9.17, 15) is 18.0 Å². The Balaban J connectivity index is 1.32. The predicted molar refractivity (Wildman–Crippen MR) is 159 cm³/mol. The quantitative estimate of drug-likeness (QED) is 0.143. The maximum absolute atomic E-state index is 13.1. The maximum Gasteiger partial charge on any atom is 0.339 e. The van der Waals surface area contributed by atoms with Crippen molar-refractivity contribution in [2.75, 3.05) is 19.8 Å². The van der Waals surface area contributed by atoms with Crippen LogP contribution in [0, 0.1) is 0 Å². The number of carbonyl (C=O) groups is 2. The summed E-state index contributed by atoms with van der Waals surface area (Å²) in [4.78, 5) is 27.0. The van der Waals surface area contributed by atoms with Gasteiger partial charge in [-0.3, -0.25) is 14.5 Å². The highest BCUT2D eigenvalue weighted by molar-refractivity contribution is 8.18. The van der Waals surface area contributed by atoms with Crippen LogP contribution in [0.15, 0.2) is 94.7 Å². The van der Waals surface area contributed by atoms with E-state index in [4.69, 9.17) is 25.3 Å². The minimum atomic E-state index is -4.18. The molecule has 0 aromatic heterocycles. The number of thioether (sulfide) groups is 1. The third-order valence-electron chi connectivity index (χ3n) is 6.05. The Kier molecular flexibility index (Phi) is 8.53. The van der Waals surface area contributed by atoms with Gasteiger partial charge in [0.05, 0.1) is 23.1 Å². The maximum atomic E-state index is 13.1. The van der Waals surface area contributed by atoms with Crippen LogP contribution in [0.2, 0.25) is 5.02 Å². The second-order valence-electron chi connectivity index (χ2n) is 8.77. The Hall–Kier alpha value is -3.99. The molecule has 0 bridgehead atoms. The molecule has 210 valence electrons. The summed E-state index contributed by atoms with van der Waals surface area (Å²) in [5, 5.41) is 1.51. The first-order valence-corrected chi connectivity index (χ1v) is 15.2. The molecule has 0 radical (unpaired) electrons. The fourth-order valence-corrected chi connectivity index (χ4v) is 6.32. The van der Waals surface area contributed by atoms with Gasteiger partial charge >= 0.3 is 10.1 Å². The molecule has 0 saturated carbocycles. The summed E-state index contributed by atoms with van der Waals surface area (Å²) >= 11 is 7.22. The summed E-state index contributed by atoms with van der Waals surface area (Å²) in [7, 11) is -4.18. The van der Waals surface area contributed by atoms with Gasteiger partial charge in [0.15, 0.2) is 5.75 Å². The van der Waals surface area contributed by atoms with E-state index in [1.165, 1.54) is 30.3 Å². The zero-order valence-electron chi connectivity index (χ0n) is 21.8. The Morgan fingerprint density at radius 2 is 1.63 bits per heavy atom. The van der Waals surface area contributed by atoms with E-state index in [0.29, 0.717) is 11.3 Å². The normalized spacial score (nSPS) is 14.6. The van der Waals surface area contributed by atoms with E-state index in [2.05, 4.69) is 0 Å². The minimum Gasteiger partial charge on any atom is -0.491 e. The lowest BCUT2D eigenvalue weighted by atomic mass is 10.1. The number of imide groups is 1. The molecule has 4 aromatic carbocycles. The third kappa shape index (κ3) is 6.35. The van der Waals surface area contributed by atoms with Crippen LogP contribution in [0.1, 0.15) is 12.5 Å². The van der Waals surface area contributed by atoms with Crippen LogP contribution in [0.3, 0.4) is 0 Å². The van der Waals surface area contributed by atoms with Crippen LogP contribution in [-0.2, 0) is 14.9 Å². The molecule has 1 heterocycles. The van der Waals surface area contributed by atoms with Gasteiger partial charge in [0, 0.05) is 5.39 Å². The molecule has 0 N–H and O–H groups in total. The lowest BCUT2D eigenvalue weighted by molar-refractivity contribution is -0.123. The molecule has 4 aromatic rings. The standard InChI is InChI=1S/C30H24ClNO7S2/c1-2-37-26-18-20(17-24(31)28(26)39-41(35,36)22-11-4-3-5-12-22)19-27-29(33)32(30(34)40-27)15-16-38-25-14-8-10-21-9-6-7-13-23(21)25/h3-14,17-19H,2,15-16H2,1H3/b27-19-. The molecule has 0 spiro atoms. The van der Waals surface area contributed by atoms with E-state index < -0.39 is 21.3 Å². The molecule has 41 heavy (non-hydrogen) atoms. The van der Waals surface area contributed by atoms with Crippen molar-refractivity contribution in [2.24, 2.45) is 0 Å². The molecule has 0 atom stereocenters. The van der Waals surface area contributed by atoms with Crippen molar-refractivity contribution in [3.63, 3.8) is 0 Å². The van der Waals surface area contributed by atoms with Gasteiger partial charge in [-0.15, -0.1) is 0 Å².